The molecule has 0 aromatic heterocycles. The number of hydrogen-bond donors (Lipinski definition) is 0. The third-order valence-electron chi connectivity index (χ3n) is 5.14. The average molecular weight is 658 g/mol. The molecule has 0 spiro atoms. The van der Waals surface area contributed by atoms with Gasteiger partial charge in [0.1, 0.15) is 12.4 Å². The Hall–Kier alpha value is -2.27. The summed E-state index contributed by atoms with van der Waals surface area (Å²) in [6.45, 7) is 2.58. The van der Waals surface area contributed by atoms with Gasteiger partial charge in [-0.05, 0) is 100 Å². The Morgan fingerprint density at radius 1 is 1.06 bits per heavy atom. The molecule has 3 aromatic carbocycles. The number of benzene rings is 3. The molecule has 10 heteroatoms. The molecule has 1 heterocycles. The first-order valence-corrected chi connectivity index (χ1v) is 13.4. The van der Waals surface area contributed by atoms with Crippen LogP contribution in [0.2, 0.25) is 10.0 Å². The summed E-state index contributed by atoms with van der Waals surface area (Å²) in [6.07, 6.45) is 1.64. The summed E-state index contributed by atoms with van der Waals surface area (Å²) < 4.78 is 26.0. The lowest BCUT2D eigenvalue weighted by Crippen LogP contribution is -2.27. The fraction of sp³-hybridized carbons (Fsp3) is 0.154. The minimum absolute atomic E-state index is 0.0413. The van der Waals surface area contributed by atoms with Crippen LogP contribution in [0.25, 0.3) is 6.08 Å². The summed E-state index contributed by atoms with van der Waals surface area (Å²) >= 11 is 15.0. The number of carbonyl (C=O) groups is 2. The molecule has 0 saturated carbocycles. The minimum atomic E-state index is -0.488. The molecule has 1 saturated heterocycles. The van der Waals surface area contributed by atoms with Crippen LogP contribution in [-0.2, 0) is 17.9 Å². The Kier molecular flexibility index (Phi) is 8.82. The number of nitrogens with zero attached hydrogens (tertiary/aromatic N) is 1. The van der Waals surface area contributed by atoms with Crippen LogP contribution in [0.5, 0.6) is 11.5 Å². The van der Waals surface area contributed by atoms with Crippen LogP contribution >= 0.6 is 57.6 Å². The number of carbonyl (C=O) groups excluding carboxylic acids is 2. The maximum absolute atomic E-state index is 13.3. The molecule has 1 aliphatic heterocycles. The summed E-state index contributed by atoms with van der Waals surface area (Å²) in [5, 5.41) is 0.385. The van der Waals surface area contributed by atoms with Gasteiger partial charge in [-0.25, -0.2) is 4.39 Å². The minimum Gasteiger partial charge on any atom is -0.490 e. The molecule has 0 N–H and O–H groups in total. The second kappa shape index (κ2) is 11.9. The Balaban J connectivity index is 1.55. The Bertz CT molecular complexity index is 1350. The van der Waals surface area contributed by atoms with Gasteiger partial charge in [-0.15, -0.1) is 0 Å². The van der Waals surface area contributed by atoms with Gasteiger partial charge in [0, 0.05) is 10.0 Å². The van der Waals surface area contributed by atoms with Gasteiger partial charge >= 0.3 is 0 Å². The van der Waals surface area contributed by atoms with E-state index in [1.807, 2.05) is 25.1 Å². The Morgan fingerprint density at radius 3 is 2.50 bits per heavy atom. The van der Waals surface area contributed by atoms with Crippen LogP contribution in [-0.4, -0.2) is 22.7 Å². The Morgan fingerprint density at radius 2 is 1.81 bits per heavy atom. The van der Waals surface area contributed by atoms with Gasteiger partial charge < -0.3 is 9.47 Å². The monoisotopic (exact) mass is 657 g/mol. The highest BCUT2D eigenvalue weighted by molar-refractivity contribution is 14.1. The van der Waals surface area contributed by atoms with Crippen molar-refractivity contribution in [1.29, 1.82) is 0 Å². The molecule has 1 aliphatic rings. The van der Waals surface area contributed by atoms with Crippen LogP contribution in [0.1, 0.15) is 23.6 Å². The molecule has 5 nitrogen and oxygen atoms in total. The van der Waals surface area contributed by atoms with Crippen molar-refractivity contribution in [2.45, 2.75) is 20.1 Å². The van der Waals surface area contributed by atoms with Crippen LogP contribution in [0.15, 0.2) is 59.5 Å². The number of imide groups is 1. The first kappa shape index (κ1) is 26.8. The van der Waals surface area contributed by atoms with Crippen LogP contribution < -0.4 is 9.47 Å². The molecule has 0 radical (unpaired) electrons. The van der Waals surface area contributed by atoms with E-state index in [0.717, 1.165) is 31.9 Å². The van der Waals surface area contributed by atoms with Gasteiger partial charge in [-0.1, -0.05) is 41.4 Å². The van der Waals surface area contributed by atoms with Gasteiger partial charge in [0.05, 0.1) is 21.6 Å². The van der Waals surface area contributed by atoms with E-state index >= 15 is 0 Å². The van der Waals surface area contributed by atoms with E-state index in [-0.39, 0.29) is 16.5 Å². The molecule has 36 heavy (non-hydrogen) atoms. The van der Waals surface area contributed by atoms with Gasteiger partial charge in [-0.2, -0.15) is 0 Å². The molecule has 0 unspecified atom stereocenters. The molecular weight excluding hydrogens is 639 g/mol. The fourth-order valence-electron chi connectivity index (χ4n) is 3.42. The van der Waals surface area contributed by atoms with Crippen molar-refractivity contribution >= 4 is 74.8 Å². The number of amides is 2. The van der Waals surface area contributed by atoms with Gasteiger partial charge in [0.15, 0.2) is 11.5 Å². The smallest absolute Gasteiger partial charge is 0.293 e. The summed E-state index contributed by atoms with van der Waals surface area (Å²) in [5.74, 6) is 0.185. The second-order valence-corrected chi connectivity index (χ2v) is 10.7. The largest absolute Gasteiger partial charge is 0.490 e. The number of hydrogen-bond acceptors (Lipinski definition) is 5. The first-order valence-electron chi connectivity index (χ1n) is 10.8. The zero-order valence-electron chi connectivity index (χ0n) is 18.9. The molecule has 1 fully saturated rings. The SMILES string of the molecule is CCOc1cc(/C=C2/SC(=O)N(Cc3ccc(F)cc3Cl)C2=O)cc(I)c1OCc1ccc(Cl)cc1. The number of thioether (sulfide) groups is 1. The highest BCUT2D eigenvalue weighted by Gasteiger charge is 2.35. The quantitative estimate of drug-likeness (QED) is 0.182. The van der Waals surface area contributed by atoms with E-state index in [1.54, 1.807) is 24.3 Å². The van der Waals surface area contributed by atoms with Crippen LogP contribution in [0, 0.1) is 9.39 Å². The van der Waals surface area contributed by atoms with Crippen molar-refractivity contribution in [3.63, 3.8) is 0 Å². The molecule has 0 aliphatic carbocycles. The molecule has 0 bridgehead atoms. The zero-order chi connectivity index (χ0) is 25.8. The van der Waals surface area contributed by atoms with E-state index < -0.39 is 17.0 Å². The summed E-state index contributed by atoms with van der Waals surface area (Å²) in [4.78, 5) is 26.9. The summed E-state index contributed by atoms with van der Waals surface area (Å²) in [5.41, 5.74) is 2.13. The lowest BCUT2D eigenvalue weighted by atomic mass is 10.1. The predicted octanol–water partition coefficient (Wildman–Crippen LogP) is 7.95. The highest BCUT2D eigenvalue weighted by atomic mass is 127. The van der Waals surface area contributed by atoms with Crippen LogP contribution in [0.4, 0.5) is 9.18 Å². The van der Waals surface area contributed by atoms with Crippen molar-refractivity contribution < 1.29 is 23.5 Å². The van der Waals surface area contributed by atoms with E-state index in [2.05, 4.69) is 22.6 Å². The molecule has 2 amide bonds. The average Bonchev–Trinajstić information content (AvgIpc) is 3.08. The number of halogens is 4. The topological polar surface area (TPSA) is 55.8 Å². The van der Waals surface area contributed by atoms with Crippen molar-refractivity contribution in [2.75, 3.05) is 6.61 Å². The van der Waals surface area contributed by atoms with Crippen molar-refractivity contribution in [3.8, 4) is 11.5 Å². The molecular formula is C26H19Cl2FINO4S. The third-order valence-corrected chi connectivity index (χ3v) is 7.46. The lowest BCUT2D eigenvalue weighted by molar-refractivity contribution is -0.123. The van der Waals surface area contributed by atoms with Gasteiger partial charge in [0.25, 0.3) is 11.1 Å². The maximum atomic E-state index is 13.3. The van der Waals surface area contributed by atoms with Gasteiger partial charge in [0.2, 0.25) is 0 Å². The van der Waals surface area contributed by atoms with Crippen molar-refractivity contribution in [2.24, 2.45) is 0 Å². The lowest BCUT2D eigenvalue weighted by Gasteiger charge is -2.15. The van der Waals surface area contributed by atoms with E-state index in [0.29, 0.717) is 40.9 Å². The van der Waals surface area contributed by atoms with Crippen molar-refractivity contribution in [1.82, 2.24) is 4.90 Å². The molecule has 3 aromatic rings. The third kappa shape index (κ3) is 6.34. The molecule has 4 rings (SSSR count). The summed E-state index contributed by atoms with van der Waals surface area (Å²) in [6, 6.07) is 14.9. The molecule has 0 atom stereocenters. The second-order valence-electron chi connectivity index (χ2n) is 7.68. The fourth-order valence-corrected chi connectivity index (χ4v) is 5.39. The maximum Gasteiger partial charge on any atom is 0.293 e. The van der Waals surface area contributed by atoms with E-state index in [4.69, 9.17) is 32.7 Å². The zero-order valence-corrected chi connectivity index (χ0v) is 23.4. The van der Waals surface area contributed by atoms with Crippen molar-refractivity contribution in [3.05, 3.63) is 95.6 Å². The summed E-state index contributed by atoms with van der Waals surface area (Å²) in [7, 11) is 0. The number of rotatable bonds is 8. The number of ether oxygens (including phenoxy) is 2. The van der Waals surface area contributed by atoms with Crippen LogP contribution in [0.3, 0.4) is 0 Å². The normalized spacial score (nSPS) is 14.6. The predicted molar refractivity (Wildman–Crippen MR) is 149 cm³/mol. The highest BCUT2D eigenvalue weighted by Crippen LogP contribution is 2.38. The van der Waals surface area contributed by atoms with Gasteiger partial charge in [-0.3, -0.25) is 14.5 Å². The standard InChI is InChI=1S/C26H19Cl2FINO4S/c1-2-34-22-10-16(9-21(30)24(22)35-14-15-3-6-18(27)7-4-15)11-23-25(32)31(26(33)36-23)13-17-5-8-19(29)12-20(17)28/h3-12H,2,13-14H2,1H3/b23-11+. The van der Waals surface area contributed by atoms with E-state index in [9.17, 15) is 14.0 Å². The van der Waals surface area contributed by atoms with E-state index in [1.165, 1.54) is 12.1 Å². The first-order chi connectivity index (χ1) is 17.2. The molecule has 186 valence electrons. The Labute approximate surface area is 235 Å².